The molecule has 110 valence electrons. The molecule has 0 unspecified atom stereocenters. The minimum atomic E-state index is -0.306. The molecule has 6 heteroatoms. The number of nitrogens with zero attached hydrogens (tertiary/aromatic N) is 1. The molecule has 0 aliphatic rings. The van der Waals surface area contributed by atoms with E-state index in [1.807, 2.05) is 0 Å². The smallest absolute Gasteiger partial charge is 0.257 e. The van der Waals surface area contributed by atoms with Crippen molar-refractivity contribution in [1.82, 2.24) is 4.98 Å². The molecule has 0 radical (unpaired) electrons. The number of para-hydroxylation sites is 1. The molecule has 2 aromatic rings. The number of anilines is 2. The highest BCUT2D eigenvalue weighted by atomic mass is 35.5. The molecule has 21 heavy (non-hydrogen) atoms. The van der Waals surface area contributed by atoms with E-state index in [4.69, 9.17) is 23.2 Å². The molecule has 0 aliphatic heterocycles. The Bertz CT molecular complexity index is 609. The van der Waals surface area contributed by atoms with Crippen LogP contribution < -0.4 is 10.6 Å². The molecule has 0 fully saturated rings. The van der Waals surface area contributed by atoms with Gasteiger partial charge in [-0.3, -0.25) is 4.79 Å². The molecule has 4 nitrogen and oxygen atoms in total. The predicted octanol–water partition coefficient (Wildman–Crippen LogP) is 4.46. The Balaban J connectivity index is 2.10. The van der Waals surface area contributed by atoms with Crippen LogP contribution in [0.4, 0.5) is 11.5 Å². The number of carbonyl (C=O) groups is 1. The minimum absolute atomic E-state index is 0.306. The summed E-state index contributed by atoms with van der Waals surface area (Å²) in [6, 6.07) is 8.51. The van der Waals surface area contributed by atoms with Crippen LogP contribution in [0.3, 0.4) is 0 Å². The van der Waals surface area contributed by atoms with E-state index in [1.54, 1.807) is 30.3 Å². The van der Waals surface area contributed by atoms with Gasteiger partial charge in [-0.2, -0.15) is 0 Å². The number of amides is 1. The van der Waals surface area contributed by atoms with Gasteiger partial charge in [0.05, 0.1) is 21.3 Å². The Morgan fingerprint density at radius 2 is 1.90 bits per heavy atom. The lowest BCUT2D eigenvalue weighted by molar-refractivity contribution is 0.102. The maximum Gasteiger partial charge on any atom is 0.257 e. The van der Waals surface area contributed by atoms with Crippen LogP contribution >= 0.6 is 23.2 Å². The topological polar surface area (TPSA) is 54.0 Å². The summed E-state index contributed by atoms with van der Waals surface area (Å²) in [5.41, 5.74) is 0.840. The van der Waals surface area contributed by atoms with Crippen LogP contribution in [0.15, 0.2) is 36.5 Å². The van der Waals surface area contributed by atoms with Gasteiger partial charge in [-0.15, -0.1) is 0 Å². The van der Waals surface area contributed by atoms with Crippen LogP contribution in [-0.4, -0.2) is 17.4 Å². The first kappa shape index (κ1) is 15.6. The van der Waals surface area contributed by atoms with Crippen molar-refractivity contribution in [2.75, 3.05) is 17.2 Å². The maximum absolute atomic E-state index is 12.2. The third kappa shape index (κ3) is 4.09. The quantitative estimate of drug-likeness (QED) is 0.853. The Kier molecular flexibility index (Phi) is 5.42. The fourth-order valence-electron chi connectivity index (χ4n) is 1.69. The summed E-state index contributed by atoms with van der Waals surface area (Å²) in [6.07, 6.45) is 2.52. The summed E-state index contributed by atoms with van der Waals surface area (Å²) < 4.78 is 0. The van der Waals surface area contributed by atoms with Crippen molar-refractivity contribution in [2.45, 2.75) is 13.3 Å². The molecule has 0 saturated carbocycles. The number of halogens is 2. The second kappa shape index (κ2) is 7.29. The highest BCUT2D eigenvalue weighted by Crippen LogP contribution is 2.30. The van der Waals surface area contributed by atoms with Crippen LogP contribution in [0.25, 0.3) is 0 Å². The van der Waals surface area contributed by atoms with Gasteiger partial charge >= 0.3 is 0 Å². The Morgan fingerprint density at radius 3 is 2.48 bits per heavy atom. The van der Waals surface area contributed by atoms with Crippen molar-refractivity contribution < 1.29 is 4.79 Å². The zero-order valence-electron chi connectivity index (χ0n) is 11.5. The van der Waals surface area contributed by atoms with E-state index in [9.17, 15) is 4.79 Å². The molecule has 1 aromatic carbocycles. The molecular weight excluding hydrogens is 309 g/mol. The number of nitrogens with one attached hydrogen (secondary N) is 2. The first-order valence-corrected chi connectivity index (χ1v) is 7.32. The highest BCUT2D eigenvalue weighted by molar-refractivity contribution is 6.40. The number of aromatic nitrogens is 1. The molecule has 0 saturated heterocycles. The lowest BCUT2D eigenvalue weighted by atomic mass is 10.2. The SMILES string of the molecule is CCCNc1ccc(C(=O)Nc2c(Cl)cccc2Cl)cn1. The molecule has 2 rings (SSSR count). The van der Waals surface area contributed by atoms with Crippen molar-refractivity contribution in [3.8, 4) is 0 Å². The third-order valence-corrected chi connectivity index (χ3v) is 3.41. The van der Waals surface area contributed by atoms with Crippen molar-refractivity contribution in [3.05, 3.63) is 52.1 Å². The number of hydrogen-bond acceptors (Lipinski definition) is 3. The maximum atomic E-state index is 12.2. The first-order chi connectivity index (χ1) is 10.1. The monoisotopic (exact) mass is 323 g/mol. The van der Waals surface area contributed by atoms with E-state index in [1.165, 1.54) is 6.20 Å². The highest BCUT2D eigenvalue weighted by Gasteiger charge is 2.11. The third-order valence-electron chi connectivity index (χ3n) is 2.78. The van der Waals surface area contributed by atoms with E-state index in [0.717, 1.165) is 18.8 Å². The summed E-state index contributed by atoms with van der Waals surface area (Å²) in [5, 5.41) is 6.62. The van der Waals surface area contributed by atoms with Crippen LogP contribution in [-0.2, 0) is 0 Å². The van der Waals surface area contributed by atoms with E-state index < -0.39 is 0 Å². The number of rotatable bonds is 5. The van der Waals surface area contributed by atoms with Crippen molar-refractivity contribution in [2.24, 2.45) is 0 Å². The number of hydrogen-bond donors (Lipinski definition) is 2. The van der Waals surface area contributed by atoms with Crippen molar-refractivity contribution in [1.29, 1.82) is 0 Å². The molecule has 1 amide bonds. The summed E-state index contributed by atoms with van der Waals surface area (Å²) in [5.74, 6) is 0.434. The zero-order valence-corrected chi connectivity index (χ0v) is 13.0. The van der Waals surface area contributed by atoms with Gasteiger partial charge in [-0.05, 0) is 30.7 Å². The molecule has 1 aromatic heterocycles. The normalized spacial score (nSPS) is 10.2. The molecular formula is C15H15Cl2N3O. The van der Waals surface area contributed by atoms with Gasteiger partial charge in [0.25, 0.3) is 5.91 Å². The molecule has 2 N–H and O–H groups in total. The lowest BCUT2D eigenvalue weighted by Gasteiger charge is -2.09. The largest absolute Gasteiger partial charge is 0.370 e. The number of carbonyl (C=O) groups excluding carboxylic acids is 1. The van der Waals surface area contributed by atoms with Gasteiger partial charge in [-0.25, -0.2) is 4.98 Å². The van der Waals surface area contributed by atoms with E-state index in [2.05, 4.69) is 22.5 Å². The number of benzene rings is 1. The van der Waals surface area contributed by atoms with Gasteiger partial charge in [0.15, 0.2) is 0 Å². The van der Waals surface area contributed by atoms with E-state index in [0.29, 0.717) is 21.3 Å². The van der Waals surface area contributed by atoms with Gasteiger partial charge in [0, 0.05) is 12.7 Å². The van der Waals surface area contributed by atoms with Gasteiger partial charge < -0.3 is 10.6 Å². The fourth-order valence-corrected chi connectivity index (χ4v) is 2.18. The summed E-state index contributed by atoms with van der Waals surface area (Å²) in [7, 11) is 0. The van der Waals surface area contributed by atoms with Crippen LogP contribution in [0.2, 0.25) is 10.0 Å². The summed E-state index contributed by atoms with van der Waals surface area (Å²) in [6.45, 7) is 2.91. The van der Waals surface area contributed by atoms with Crippen molar-refractivity contribution >= 4 is 40.6 Å². The minimum Gasteiger partial charge on any atom is -0.370 e. The fraction of sp³-hybridized carbons (Fsp3) is 0.200. The molecule has 1 heterocycles. The predicted molar refractivity (Wildman–Crippen MR) is 87.4 cm³/mol. The number of pyridine rings is 1. The molecule has 0 bridgehead atoms. The zero-order chi connectivity index (χ0) is 15.2. The second-order valence-corrected chi connectivity index (χ2v) is 5.22. The van der Waals surface area contributed by atoms with Crippen LogP contribution in [0.1, 0.15) is 23.7 Å². The molecule has 0 atom stereocenters. The standard InChI is InChI=1S/C15H15Cl2N3O/c1-2-8-18-13-7-6-10(9-19-13)15(21)20-14-11(16)4-3-5-12(14)17/h3-7,9H,2,8H2,1H3,(H,18,19)(H,20,21). The Hall–Kier alpha value is -1.78. The molecule has 0 aliphatic carbocycles. The van der Waals surface area contributed by atoms with Gasteiger partial charge in [0.2, 0.25) is 0 Å². The molecule has 0 spiro atoms. The average molecular weight is 324 g/mol. The van der Waals surface area contributed by atoms with Crippen LogP contribution in [0.5, 0.6) is 0 Å². The van der Waals surface area contributed by atoms with E-state index in [-0.39, 0.29) is 5.91 Å². The Labute approximate surface area is 133 Å². The summed E-state index contributed by atoms with van der Waals surface area (Å²) >= 11 is 12.0. The second-order valence-electron chi connectivity index (χ2n) is 4.41. The van der Waals surface area contributed by atoms with Crippen LogP contribution in [0, 0.1) is 0 Å². The average Bonchev–Trinajstić information content (AvgIpc) is 2.49. The summed E-state index contributed by atoms with van der Waals surface area (Å²) in [4.78, 5) is 16.3. The van der Waals surface area contributed by atoms with E-state index >= 15 is 0 Å². The van der Waals surface area contributed by atoms with Gasteiger partial charge in [0.1, 0.15) is 5.82 Å². The van der Waals surface area contributed by atoms with Gasteiger partial charge in [-0.1, -0.05) is 36.2 Å². The Morgan fingerprint density at radius 1 is 1.19 bits per heavy atom. The lowest BCUT2D eigenvalue weighted by Crippen LogP contribution is -2.13. The van der Waals surface area contributed by atoms with Crippen molar-refractivity contribution in [3.63, 3.8) is 0 Å². The first-order valence-electron chi connectivity index (χ1n) is 6.57.